The highest BCUT2D eigenvalue weighted by Gasteiger charge is 2.50. The molecule has 2 atom stereocenters. The van der Waals surface area contributed by atoms with Gasteiger partial charge >= 0.3 is 0 Å². The topological polar surface area (TPSA) is 46.6 Å². The Labute approximate surface area is 99.2 Å². The van der Waals surface area contributed by atoms with Crippen molar-refractivity contribution in [3.05, 3.63) is 35.9 Å². The van der Waals surface area contributed by atoms with Gasteiger partial charge in [0.2, 0.25) is 5.91 Å². The predicted molar refractivity (Wildman–Crippen MR) is 59.8 cm³/mol. The van der Waals surface area contributed by atoms with Crippen LogP contribution >= 0.6 is 0 Å². The van der Waals surface area contributed by atoms with Crippen LogP contribution in [0.25, 0.3) is 0 Å². The molecule has 2 saturated heterocycles. The summed E-state index contributed by atoms with van der Waals surface area (Å²) in [5.41, 5.74) is 0.967. The summed E-state index contributed by atoms with van der Waals surface area (Å²) in [4.78, 5) is 25.3. The number of carbonyl (C=O) groups excluding carboxylic acids is 2. The van der Waals surface area contributed by atoms with Crippen molar-refractivity contribution in [2.75, 3.05) is 6.61 Å². The number of nitrogens with zero attached hydrogens (tertiary/aromatic N) is 1. The van der Waals surface area contributed by atoms with Gasteiger partial charge in [0, 0.05) is 6.61 Å². The molecule has 3 rings (SSSR count). The molecule has 2 aliphatic rings. The molecule has 17 heavy (non-hydrogen) atoms. The summed E-state index contributed by atoms with van der Waals surface area (Å²) >= 11 is 0. The number of amides is 2. The zero-order chi connectivity index (χ0) is 11.8. The molecule has 2 unspecified atom stereocenters. The Morgan fingerprint density at radius 2 is 1.94 bits per heavy atom. The lowest BCUT2D eigenvalue weighted by Gasteiger charge is -2.15. The van der Waals surface area contributed by atoms with Crippen LogP contribution in [0.2, 0.25) is 0 Å². The second-order valence-corrected chi connectivity index (χ2v) is 4.43. The van der Waals surface area contributed by atoms with E-state index in [0.29, 0.717) is 19.6 Å². The minimum Gasteiger partial charge on any atom is -0.367 e. The van der Waals surface area contributed by atoms with Crippen LogP contribution in [0.15, 0.2) is 30.3 Å². The third kappa shape index (κ3) is 1.65. The van der Waals surface area contributed by atoms with Crippen LogP contribution in [0.1, 0.15) is 12.0 Å². The molecule has 2 amide bonds. The van der Waals surface area contributed by atoms with Crippen molar-refractivity contribution < 1.29 is 14.3 Å². The summed E-state index contributed by atoms with van der Waals surface area (Å²) in [7, 11) is 0. The Kier molecular flexibility index (Phi) is 2.44. The van der Waals surface area contributed by atoms with Crippen molar-refractivity contribution in [2.45, 2.75) is 19.1 Å². The standard InChI is InChI=1S/C13H13NO3/c15-12-10-6-7-17-11(10)13(16)14(12)8-9-4-2-1-3-5-9/h1-5,10-11H,6-8H2. The van der Waals surface area contributed by atoms with E-state index in [-0.39, 0.29) is 17.7 Å². The number of imide groups is 1. The van der Waals surface area contributed by atoms with Crippen LogP contribution in [-0.4, -0.2) is 29.4 Å². The first-order chi connectivity index (χ1) is 8.27. The van der Waals surface area contributed by atoms with E-state index in [1.54, 1.807) is 0 Å². The zero-order valence-corrected chi connectivity index (χ0v) is 9.33. The van der Waals surface area contributed by atoms with E-state index in [1.807, 2.05) is 30.3 Å². The Morgan fingerprint density at radius 3 is 2.65 bits per heavy atom. The number of hydrogen-bond acceptors (Lipinski definition) is 3. The van der Waals surface area contributed by atoms with Crippen molar-refractivity contribution in [3.63, 3.8) is 0 Å². The molecule has 2 fully saturated rings. The summed E-state index contributed by atoms with van der Waals surface area (Å²) in [6, 6.07) is 9.54. The van der Waals surface area contributed by atoms with Gasteiger partial charge in [-0.25, -0.2) is 0 Å². The molecule has 0 radical (unpaired) electrons. The molecule has 0 bridgehead atoms. The van der Waals surface area contributed by atoms with Crippen LogP contribution in [0.4, 0.5) is 0 Å². The summed E-state index contributed by atoms with van der Waals surface area (Å²) in [6.07, 6.45) is 0.145. The number of benzene rings is 1. The van der Waals surface area contributed by atoms with Crippen LogP contribution in [0.3, 0.4) is 0 Å². The van der Waals surface area contributed by atoms with Crippen LogP contribution < -0.4 is 0 Å². The number of hydrogen-bond donors (Lipinski definition) is 0. The first kappa shape index (κ1) is 10.5. The maximum absolute atomic E-state index is 12.0. The van der Waals surface area contributed by atoms with E-state index in [2.05, 4.69) is 0 Å². The first-order valence-corrected chi connectivity index (χ1v) is 5.78. The predicted octanol–water partition coefficient (Wildman–Crippen LogP) is 0.960. The van der Waals surface area contributed by atoms with Crippen molar-refractivity contribution in [1.82, 2.24) is 4.90 Å². The van der Waals surface area contributed by atoms with Crippen molar-refractivity contribution in [3.8, 4) is 0 Å². The van der Waals surface area contributed by atoms with Gasteiger partial charge in [-0.3, -0.25) is 14.5 Å². The number of ether oxygens (including phenoxy) is 1. The molecule has 1 aromatic carbocycles. The highest BCUT2D eigenvalue weighted by atomic mass is 16.5. The van der Waals surface area contributed by atoms with Gasteiger partial charge in [-0.1, -0.05) is 30.3 Å². The van der Waals surface area contributed by atoms with Gasteiger partial charge in [-0.05, 0) is 12.0 Å². The SMILES string of the molecule is O=C1C2CCOC2C(=O)N1Cc1ccccc1. The van der Waals surface area contributed by atoms with Gasteiger partial charge in [-0.15, -0.1) is 0 Å². The highest BCUT2D eigenvalue weighted by molar-refractivity contribution is 6.06. The number of rotatable bonds is 2. The number of carbonyl (C=O) groups is 2. The normalized spacial score (nSPS) is 27.6. The monoisotopic (exact) mass is 231 g/mol. The van der Waals surface area contributed by atoms with Crippen molar-refractivity contribution in [1.29, 1.82) is 0 Å². The molecule has 4 nitrogen and oxygen atoms in total. The molecular weight excluding hydrogens is 218 g/mol. The fourth-order valence-corrected chi connectivity index (χ4v) is 2.47. The van der Waals surface area contributed by atoms with E-state index in [4.69, 9.17) is 4.74 Å². The Morgan fingerprint density at radius 1 is 1.18 bits per heavy atom. The zero-order valence-electron chi connectivity index (χ0n) is 9.33. The lowest BCUT2D eigenvalue weighted by Crippen LogP contribution is -2.32. The van der Waals surface area contributed by atoms with Crippen molar-refractivity contribution in [2.24, 2.45) is 5.92 Å². The van der Waals surface area contributed by atoms with Gasteiger partial charge < -0.3 is 4.74 Å². The molecule has 0 aliphatic carbocycles. The third-order valence-electron chi connectivity index (χ3n) is 3.37. The largest absolute Gasteiger partial charge is 0.367 e. The maximum atomic E-state index is 12.0. The summed E-state index contributed by atoms with van der Waals surface area (Å²) in [6.45, 7) is 0.876. The second-order valence-electron chi connectivity index (χ2n) is 4.43. The maximum Gasteiger partial charge on any atom is 0.259 e. The Bertz CT molecular complexity index is 435. The third-order valence-corrected chi connectivity index (χ3v) is 3.37. The quantitative estimate of drug-likeness (QED) is 0.712. The van der Waals surface area contributed by atoms with Gasteiger partial charge in [0.15, 0.2) is 0 Å². The lowest BCUT2D eigenvalue weighted by molar-refractivity contribution is -0.143. The van der Waals surface area contributed by atoms with Crippen LogP contribution in [0, 0.1) is 5.92 Å². The molecule has 2 aliphatic heterocycles. The van der Waals surface area contributed by atoms with E-state index in [9.17, 15) is 9.59 Å². The molecular formula is C13H13NO3. The summed E-state index contributed by atoms with van der Waals surface area (Å²) < 4.78 is 5.32. The lowest BCUT2D eigenvalue weighted by atomic mass is 10.1. The minimum absolute atomic E-state index is 0.0821. The van der Waals surface area contributed by atoms with Crippen LogP contribution in [-0.2, 0) is 20.9 Å². The second kappa shape index (κ2) is 3.96. The molecule has 88 valence electrons. The smallest absolute Gasteiger partial charge is 0.259 e. The molecule has 0 N–H and O–H groups in total. The Balaban J connectivity index is 1.81. The number of fused-ring (bicyclic) bond motifs is 1. The number of likely N-dealkylation sites (tertiary alicyclic amines) is 1. The van der Waals surface area contributed by atoms with Gasteiger partial charge in [0.05, 0.1) is 12.5 Å². The summed E-state index contributed by atoms with van der Waals surface area (Å²) in [5, 5.41) is 0. The average Bonchev–Trinajstić information content (AvgIpc) is 2.91. The molecule has 0 saturated carbocycles. The van der Waals surface area contributed by atoms with E-state index in [0.717, 1.165) is 5.56 Å². The van der Waals surface area contributed by atoms with Crippen molar-refractivity contribution >= 4 is 11.8 Å². The molecule has 0 aromatic heterocycles. The Hall–Kier alpha value is -1.68. The van der Waals surface area contributed by atoms with E-state index in [1.165, 1.54) is 4.90 Å². The van der Waals surface area contributed by atoms with E-state index >= 15 is 0 Å². The van der Waals surface area contributed by atoms with Gasteiger partial charge in [0.1, 0.15) is 6.10 Å². The molecule has 0 spiro atoms. The molecule has 2 heterocycles. The first-order valence-electron chi connectivity index (χ1n) is 5.78. The van der Waals surface area contributed by atoms with E-state index < -0.39 is 6.10 Å². The van der Waals surface area contributed by atoms with Crippen LogP contribution in [0.5, 0.6) is 0 Å². The fraction of sp³-hybridized carbons (Fsp3) is 0.385. The minimum atomic E-state index is -0.522. The molecule has 1 aromatic rings. The summed E-state index contributed by atoms with van der Waals surface area (Å²) in [5.74, 6) is -0.506. The highest BCUT2D eigenvalue weighted by Crippen LogP contribution is 2.31. The van der Waals surface area contributed by atoms with Gasteiger partial charge in [-0.2, -0.15) is 0 Å². The average molecular weight is 231 g/mol. The van der Waals surface area contributed by atoms with Gasteiger partial charge in [0.25, 0.3) is 5.91 Å². The molecule has 4 heteroatoms. The fourth-order valence-electron chi connectivity index (χ4n) is 2.47.